The van der Waals surface area contributed by atoms with E-state index in [9.17, 15) is 26.0 Å². The molecule has 2 atom stereocenters. The lowest BCUT2D eigenvalue weighted by molar-refractivity contribution is -0.176. The van der Waals surface area contributed by atoms with E-state index in [1.165, 1.54) is 12.1 Å². The molecular weight excluding hydrogens is 572 g/mol. The van der Waals surface area contributed by atoms with Gasteiger partial charge in [0.05, 0.1) is 36.1 Å². The summed E-state index contributed by atoms with van der Waals surface area (Å²) in [5.41, 5.74) is 0.470. The van der Waals surface area contributed by atoms with E-state index < -0.39 is 56.6 Å². The molecule has 1 heterocycles. The molecule has 1 N–H and O–H groups in total. The maximum absolute atomic E-state index is 13.8. The van der Waals surface area contributed by atoms with E-state index in [-0.39, 0.29) is 5.75 Å². The zero-order chi connectivity index (χ0) is 29.4. The molecule has 6 nitrogen and oxygen atoms in total. The molecule has 40 heavy (non-hydrogen) atoms. The Kier molecular flexibility index (Phi) is 8.32. The zero-order valence-electron chi connectivity index (χ0n) is 21.9. The van der Waals surface area contributed by atoms with Crippen molar-refractivity contribution in [1.82, 2.24) is 0 Å². The van der Waals surface area contributed by atoms with Crippen molar-refractivity contribution in [1.29, 1.82) is 0 Å². The summed E-state index contributed by atoms with van der Waals surface area (Å²) in [5, 5.41) is -5.63. The summed E-state index contributed by atoms with van der Waals surface area (Å²) in [6, 6.07) is 24.2. The predicted octanol–water partition coefficient (Wildman–Crippen LogP) is 6.66. The summed E-state index contributed by atoms with van der Waals surface area (Å²) < 4.78 is 101. The highest BCUT2D eigenvalue weighted by molar-refractivity contribution is 7.97. The fraction of sp³-hybridized carbons (Fsp3) is 0.357. The first-order chi connectivity index (χ1) is 18.5. The van der Waals surface area contributed by atoms with Gasteiger partial charge in [0.1, 0.15) is 5.75 Å². The second-order valence-electron chi connectivity index (χ2n) is 10.0. The average molecular weight is 602 g/mol. The molecule has 0 radical (unpaired) electrons. The molecule has 0 saturated carbocycles. The van der Waals surface area contributed by atoms with Gasteiger partial charge in [0.2, 0.25) is 0 Å². The summed E-state index contributed by atoms with van der Waals surface area (Å²) in [5.74, 6) is -5.75. The Labute approximate surface area is 233 Å². The van der Waals surface area contributed by atoms with Crippen molar-refractivity contribution in [2.75, 3.05) is 13.2 Å². The molecule has 0 aromatic heterocycles. The van der Waals surface area contributed by atoms with Gasteiger partial charge in [-0.2, -0.15) is 26.0 Å². The number of halogens is 4. The molecule has 216 valence electrons. The van der Waals surface area contributed by atoms with Crippen LogP contribution in [0.3, 0.4) is 0 Å². The maximum Gasteiger partial charge on any atom is 0.431 e. The highest BCUT2D eigenvalue weighted by Crippen LogP contribution is 2.42. The minimum Gasteiger partial charge on any atom is -0.493 e. The second kappa shape index (κ2) is 11.0. The van der Waals surface area contributed by atoms with Gasteiger partial charge >= 0.3 is 21.3 Å². The Morgan fingerprint density at radius 3 is 1.90 bits per heavy atom. The van der Waals surface area contributed by atoms with Crippen molar-refractivity contribution >= 4 is 21.0 Å². The van der Waals surface area contributed by atoms with Crippen LogP contribution >= 0.6 is 0 Å². The first kappa shape index (κ1) is 30.3. The normalized spacial score (nSPS) is 20.3. The van der Waals surface area contributed by atoms with Crippen LogP contribution in [0.5, 0.6) is 5.75 Å². The molecule has 1 saturated heterocycles. The lowest BCUT2D eigenvalue weighted by Gasteiger charge is -2.26. The Morgan fingerprint density at radius 2 is 1.40 bits per heavy atom. The SMILES string of the molecule is CC1(C)COC(C)(c2ccc([S+](c3ccccc3)c3ccc(OCCC(F)(F)C(F)(F)S(=O)(=O)O)cc3)cc2)O1. The molecule has 4 rings (SSSR count). The number of alkyl halides is 4. The largest absolute Gasteiger partial charge is 0.493 e. The summed E-state index contributed by atoms with van der Waals surface area (Å²) in [6.07, 6.45) is -1.62. The van der Waals surface area contributed by atoms with Crippen LogP contribution in [0, 0.1) is 0 Å². The molecule has 1 fully saturated rings. The summed E-state index contributed by atoms with van der Waals surface area (Å²) in [6.45, 7) is 5.38. The van der Waals surface area contributed by atoms with Gasteiger partial charge in [0, 0.05) is 5.56 Å². The third kappa shape index (κ3) is 6.31. The lowest BCUT2D eigenvalue weighted by atomic mass is 10.1. The number of ether oxygens (including phenoxy) is 3. The van der Waals surface area contributed by atoms with E-state index in [1.54, 1.807) is 12.1 Å². The van der Waals surface area contributed by atoms with E-state index in [1.807, 2.05) is 75.4 Å². The summed E-state index contributed by atoms with van der Waals surface area (Å²) >= 11 is 0. The number of benzene rings is 3. The first-order valence-corrected chi connectivity index (χ1v) is 14.9. The van der Waals surface area contributed by atoms with Crippen LogP contribution in [0.25, 0.3) is 0 Å². The van der Waals surface area contributed by atoms with Crippen molar-refractivity contribution in [2.24, 2.45) is 0 Å². The standard InChI is InChI=1S/C28H28F4O6S2/c1-25(2)19-37-26(3,38-25)20-9-13-23(14-10-20)39(22-7-5-4-6-8-22)24-15-11-21(12-16-24)36-18-17-27(29,30)28(31,32)40(33,34)35/h4-16H,17-19H2,1-3H3/p+1. The van der Waals surface area contributed by atoms with Crippen LogP contribution in [0.15, 0.2) is 93.5 Å². The third-order valence-corrected chi connectivity index (χ3v) is 9.43. The van der Waals surface area contributed by atoms with Gasteiger partial charge in [-0.25, -0.2) is 0 Å². The van der Waals surface area contributed by atoms with Crippen molar-refractivity contribution in [3.63, 3.8) is 0 Å². The van der Waals surface area contributed by atoms with E-state index >= 15 is 0 Å². The first-order valence-electron chi connectivity index (χ1n) is 12.2. The van der Waals surface area contributed by atoms with Crippen molar-refractivity contribution in [2.45, 2.75) is 64.4 Å². The molecule has 0 aliphatic carbocycles. The Hall–Kier alpha value is -2.64. The summed E-state index contributed by atoms with van der Waals surface area (Å²) in [7, 11) is -6.85. The molecule has 2 unspecified atom stereocenters. The fourth-order valence-corrected chi connectivity index (χ4v) is 6.74. The fourth-order valence-electron chi connectivity index (χ4n) is 4.20. The van der Waals surface area contributed by atoms with Crippen LogP contribution in [0.1, 0.15) is 32.8 Å². The minimum absolute atomic E-state index is 0.132. The second-order valence-corrected chi connectivity index (χ2v) is 13.5. The maximum atomic E-state index is 13.8. The van der Waals surface area contributed by atoms with Gasteiger partial charge in [-0.15, -0.1) is 0 Å². The smallest absolute Gasteiger partial charge is 0.431 e. The molecule has 3 aromatic carbocycles. The Morgan fingerprint density at radius 1 is 0.875 bits per heavy atom. The molecule has 1 aliphatic rings. The Balaban J connectivity index is 1.52. The van der Waals surface area contributed by atoms with Crippen LogP contribution in [-0.2, 0) is 36.3 Å². The minimum atomic E-state index is -6.29. The van der Waals surface area contributed by atoms with Crippen molar-refractivity contribution in [3.8, 4) is 5.75 Å². The van der Waals surface area contributed by atoms with Crippen LogP contribution in [0.4, 0.5) is 17.6 Å². The third-order valence-electron chi connectivity index (χ3n) is 6.25. The molecular formula is C28H29F4O6S2+. The molecule has 0 amide bonds. The van der Waals surface area contributed by atoms with Gasteiger partial charge in [-0.1, -0.05) is 18.2 Å². The molecule has 0 bridgehead atoms. The molecule has 3 aromatic rings. The van der Waals surface area contributed by atoms with E-state index in [2.05, 4.69) is 0 Å². The monoisotopic (exact) mass is 601 g/mol. The molecule has 12 heteroatoms. The highest BCUT2D eigenvalue weighted by Gasteiger charge is 2.65. The molecule has 1 aliphatic heterocycles. The van der Waals surface area contributed by atoms with Crippen LogP contribution in [-0.4, -0.2) is 43.0 Å². The lowest BCUT2D eigenvalue weighted by Crippen LogP contribution is -2.47. The number of hydrogen-bond acceptors (Lipinski definition) is 5. The highest BCUT2D eigenvalue weighted by atomic mass is 32.2. The average Bonchev–Trinajstić information content (AvgIpc) is 3.19. The number of hydrogen-bond donors (Lipinski definition) is 1. The van der Waals surface area contributed by atoms with Crippen LogP contribution in [0.2, 0.25) is 0 Å². The van der Waals surface area contributed by atoms with Crippen molar-refractivity contribution < 1.29 is 44.7 Å². The van der Waals surface area contributed by atoms with Crippen LogP contribution < -0.4 is 4.74 Å². The summed E-state index contributed by atoms with van der Waals surface area (Å²) in [4.78, 5) is 2.91. The van der Waals surface area contributed by atoms with E-state index in [0.29, 0.717) is 6.61 Å². The van der Waals surface area contributed by atoms with E-state index in [4.69, 9.17) is 18.8 Å². The van der Waals surface area contributed by atoms with Gasteiger partial charge in [0.25, 0.3) is 0 Å². The Bertz CT molecular complexity index is 1420. The topological polar surface area (TPSA) is 82.1 Å². The van der Waals surface area contributed by atoms with Crippen molar-refractivity contribution in [3.05, 3.63) is 84.4 Å². The van der Waals surface area contributed by atoms with Gasteiger partial charge < -0.3 is 14.2 Å². The van der Waals surface area contributed by atoms with Gasteiger partial charge in [0.15, 0.2) is 20.5 Å². The quantitative estimate of drug-likeness (QED) is 0.159. The van der Waals surface area contributed by atoms with Gasteiger partial charge in [-0.05, 0) is 81.4 Å². The van der Waals surface area contributed by atoms with E-state index in [0.717, 1.165) is 20.2 Å². The zero-order valence-corrected chi connectivity index (χ0v) is 23.6. The van der Waals surface area contributed by atoms with Gasteiger partial charge in [-0.3, -0.25) is 4.55 Å². The number of rotatable bonds is 10. The predicted molar refractivity (Wildman–Crippen MR) is 142 cm³/mol. The molecule has 0 spiro atoms.